The van der Waals surface area contributed by atoms with E-state index in [1.54, 1.807) is 0 Å². The van der Waals surface area contributed by atoms with Crippen LogP contribution in [0.2, 0.25) is 0 Å². The first-order valence-electron chi connectivity index (χ1n) is 18.7. The van der Waals surface area contributed by atoms with Gasteiger partial charge in [0.15, 0.2) is 0 Å². The Morgan fingerprint density at radius 2 is 0.873 bits per heavy atom. The summed E-state index contributed by atoms with van der Waals surface area (Å²) in [7, 11) is 0. The zero-order valence-electron chi connectivity index (χ0n) is 29.8. The molecule has 258 valence electrons. The Balaban J connectivity index is 0.999. The van der Waals surface area contributed by atoms with Gasteiger partial charge in [0.2, 0.25) is 0 Å². The Labute approximate surface area is 317 Å². The molecule has 0 N–H and O–H groups in total. The Hall–Kier alpha value is -7.36. The summed E-state index contributed by atoms with van der Waals surface area (Å²) in [5.41, 5.74) is 13.7. The second kappa shape index (κ2) is 12.6. The van der Waals surface area contributed by atoms with Gasteiger partial charge in [-0.05, 0) is 105 Å². The van der Waals surface area contributed by atoms with E-state index < -0.39 is 0 Å². The molecule has 0 aliphatic heterocycles. The van der Waals surface area contributed by atoms with Crippen LogP contribution < -0.4 is 4.90 Å². The molecule has 0 unspecified atom stereocenters. The van der Waals surface area contributed by atoms with E-state index in [2.05, 4.69) is 181 Å². The molecule has 0 aliphatic rings. The molecule has 3 heteroatoms. The largest absolute Gasteiger partial charge is 0.456 e. The van der Waals surface area contributed by atoms with Gasteiger partial charge in [-0.15, -0.1) is 0 Å². The van der Waals surface area contributed by atoms with E-state index in [9.17, 15) is 0 Å². The molecule has 2 heterocycles. The highest BCUT2D eigenvalue weighted by atomic mass is 16.3. The van der Waals surface area contributed by atoms with Crippen molar-refractivity contribution in [2.75, 3.05) is 4.90 Å². The molecule has 0 amide bonds. The fourth-order valence-electron chi connectivity index (χ4n) is 8.12. The minimum atomic E-state index is 0.899. The summed E-state index contributed by atoms with van der Waals surface area (Å²) < 4.78 is 12.7. The molecule has 2 aromatic heterocycles. The van der Waals surface area contributed by atoms with Gasteiger partial charge >= 0.3 is 0 Å². The number of hydrogen-bond donors (Lipinski definition) is 0. The summed E-state index contributed by atoms with van der Waals surface area (Å²) >= 11 is 0. The van der Waals surface area contributed by atoms with Crippen molar-refractivity contribution in [3.8, 4) is 33.4 Å². The molecule has 3 nitrogen and oxygen atoms in total. The van der Waals surface area contributed by atoms with Crippen LogP contribution in [0.4, 0.5) is 17.1 Å². The molecule has 55 heavy (non-hydrogen) atoms. The fourth-order valence-corrected chi connectivity index (χ4v) is 8.12. The number of rotatable bonds is 6. The quantitative estimate of drug-likeness (QED) is 0.173. The summed E-state index contributed by atoms with van der Waals surface area (Å²) in [5, 5.41) is 6.90. The summed E-state index contributed by atoms with van der Waals surface area (Å²) in [5.74, 6) is 0. The van der Waals surface area contributed by atoms with Crippen molar-refractivity contribution in [3.05, 3.63) is 200 Å². The maximum atomic E-state index is 6.46. The number of benzene rings is 9. The molecular weight excluding hydrogens is 671 g/mol. The smallest absolute Gasteiger partial charge is 0.143 e. The minimum Gasteiger partial charge on any atom is -0.456 e. The lowest BCUT2D eigenvalue weighted by molar-refractivity contribution is 0.669. The predicted molar refractivity (Wildman–Crippen MR) is 229 cm³/mol. The average molecular weight is 704 g/mol. The summed E-state index contributed by atoms with van der Waals surface area (Å²) in [6.45, 7) is 0. The zero-order chi connectivity index (χ0) is 36.3. The first-order valence-corrected chi connectivity index (χ1v) is 18.7. The van der Waals surface area contributed by atoms with E-state index in [4.69, 9.17) is 8.83 Å². The predicted octanol–water partition coefficient (Wildman–Crippen LogP) is 15.1. The molecule has 11 rings (SSSR count). The van der Waals surface area contributed by atoms with Crippen LogP contribution in [0.25, 0.3) is 88.0 Å². The van der Waals surface area contributed by atoms with Crippen LogP contribution in [-0.4, -0.2) is 0 Å². The first-order chi connectivity index (χ1) is 27.2. The highest BCUT2D eigenvalue weighted by molar-refractivity contribution is 6.11. The van der Waals surface area contributed by atoms with Crippen molar-refractivity contribution in [2.45, 2.75) is 0 Å². The number of nitrogens with zero attached hydrogens (tertiary/aromatic N) is 1. The van der Waals surface area contributed by atoms with Gasteiger partial charge in [-0.3, -0.25) is 0 Å². The van der Waals surface area contributed by atoms with Crippen LogP contribution >= 0.6 is 0 Å². The van der Waals surface area contributed by atoms with Crippen LogP contribution in [0.15, 0.2) is 209 Å². The Kier molecular flexibility index (Phi) is 7.17. The van der Waals surface area contributed by atoms with Crippen molar-refractivity contribution >= 4 is 71.7 Å². The van der Waals surface area contributed by atoms with Gasteiger partial charge in [0.1, 0.15) is 22.3 Å². The van der Waals surface area contributed by atoms with Gasteiger partial charge in [-0.25, -0.2) is 0 Å². The third kappa shape index (κ3) is 5.36. The molecular formula is C52H33NO2. The SMILES string of the molecule is c1ccc(-c2ccc(N(c3ccc(-c4ccc5cc6c(cc5c4)oc4ccccc46)cc3)c3cccc(-c4cccc5c4oc4ccccc45)c3)cc2)cc1. The van der Waals surface area contributed by atoms with E-state index in [-0.39, 0.29) is 0 Å². The zero-order valence-corrected chi connectivity index (χ0v) is 29.8. The fraction of sp³-hybridized carbons (Fsp3) is 0. The molecule has 0 radical (unpaired) electrons. The number of anilines is 3. The second-order valence-corrected chi connectivity index (χ2v) is 14.1. The van der Waals surface area contributed by atoms with Gasteiger partial charge in [-0.2, -0.15) is 0 Å². The van der Waals surface area contributed by atoms with Gasteiger partial charge in [0, 0.05) is 44.2 Å². The van der Waals surface area contributed by atoms with E-state index in [0.29, 0.717) is 0 Å². The van der Waals surface area contributed by atoms with Crippen molar-refractivity contribution in [1.82, 2.24) is 0 Å². The van der Waals surface area contributed by atoms with E-state index in [1.807, 2.05) is 24.3 Å². The normalized spacial score (nSPS) is 11.6. The first kappa shape index (κ1) is 31.2. The maximum absolute atomic E-state index is 6.46. The maximum Gasteiger partial charge on any atom is 0.143 e. The second-order valence-electron chi connectivity index (χ2n) is 14.1. The van der Waals surface area contributed by atoms with E-state index in [0.717, 1.165) is 88.6 Å². The number of fused-ring (bicyclic) bond motifs is 7. The van der Waals surface area contributed by atoms with Crippen molar-refractivity contribution in [1.29, 1.82) is 0 Å². The van der Waals surface area contributed by atoms with E-state index in [1.165, 1.54) is 16.5 Å². The standard InChI is InChI=1S/C52H33NO2/c1-2-10-34(11-3-1)35-22-26-41(27-23-35)53(43-13-8-12-39(31-43)44-16-9-17-47-45-14-4-7-19-50(45)55-52(44)47)42-28-24-36(25-29-42)37-20-21-38-32-48-46-15-5-6-18-49(46)54-51(48)33-40(38)30-37/h1-33H. The van der Waals surface area contributed by atoms with Crippen LogP contribution in [0, 0.1) is 0 Å². The third-order valence-electron chi connectivity index (χ3n) is 10.8. The van der Waals surface area contributed by atoms with E-state index >= 15 is 0 Å². The van der Waals surface area contributed by atoms with Crippen LogP contribution in [0.5, 0.6) is 0 Å². The average Bonchev–Trinajstić information content (AvgIpc) is 3.82. The third-order valence-corrected chi connectivity index (χ3v) is 10.8. The van der Waals surface area contributed by atoms with Crippen molar-refractivity contribution in [2.24, 2.45) is 0 Å². The van der Waals surface area contributed by atoms with Crippen molar-refractivity contribution in [3.63, 3.8) is 0 Å². The summed E-state index contributed by atoms with van der Waals surface area (Å²) in [6, 6.07) is 71.0. The molecule has 11 aromatic rings. The molecule has 0 aliphatic carbocycles. The molecule has 0 atom stereocenters. The summed E-state index contributed by atoms with van der Waals surface area (Å²) in [6.07, 6.45) is 0. The number of para-hydroxylation sites is 3. The molecule has 0 spiro atoms. The molecule has 0 fully saturated rings. The lowest BCUT2D eigenvalue weighted by Gasteiger charge is -2.26. The lowest BCUT2D eigenvalue weighted by atomic mass is 9.99. The van der Waals surface area contributed by atoms with Gasteiger partial charge in [0.25, 0.3) is 0 Å². The summed E-state index contributed by atoms with van der Waals surface area (Å²) in [4.78, 5) is 2.33. The molecule has 0 saturated carbocycles. The Bertz CT molecular complexity index is 3190. The van der Waals surface area contributed by atoms with Crippen LogP contribution in [0.3, 0.4) is 0 Å². The molecule has 9 aromatic carbocycles. The molecule has 0 bridgehead atoms. The Morgan fingerprint density at radius 3 is 1.64 bits per heavy atom. The molecule has 0 saturated heterocycles. The highest BCUT2D eigenvalue weighted by Crippen LogP contribution is 2.41. The van der Waals surface area contributed by atoms with Crippen molar-refractivity contribution < 1.29 is 8.83 Å². The lowest BCUT2D eigenvalue weighted by Crippen LogP contribution is -2.10. The number of hydrogen-bond acceptors (Lipinski definition) is 3. The monoisotopic (exact) mass is 703 g/mol. The topological polar surface area (TPSA) is 29.5 Å². The number of furan rings is 2. The Morgan fingerprint density at radius 1 is 0.291 bits per heavy atom. The van der Waals surface area contributed by atoms with Gasteiger partial charge in [0.05, 0.1) is 0 Å². The van der Waals surface area contributed by atoms with Crippen LogP contribution in [-0.2, 0) is 0 Å². The minimum absolute atomic E-state index is 0.899. The highest BCUT2D eigenvalue weighted by Gasteiger charge is 2.17. The van der Waals surface area contributed by atoms with Gasteiger partial charge < -0.3 is 13.7 Å². The van der Waals surface area contributed by atoms with Crippen LogP contribution in [0.1, 0.15) is 0 Å². The van der Waals surface area contributed by atoms with Gasteiger partial charge in [-0.1, -0.05) is 133 Å².